The van der Waals surface area contributed by atoms with Crippen molar-refractivity contribution in [2.45, 2.75) is 25.6 Å². The number of hydrogen-bond donors (Lipinski definition) is 2. The van der Waals surface area contributed by atoms with E-state index in [1.165, 1.54) is 0 Å². The molecule has 2 atom stereocenters. The van der Waals surface area contributed by atoms with Crippen molar-refractivity contribution in [3.63, 3.8) is 0 Å². The second-order valence-corrected chi connectivity index (χ2v) is 6.24. The first-order chi connectivity index (χ1) is 11.6. The van der Waals surface area contributed by atoms with Gasteiger partial charge >= 0.3 is 0 Å². The molecule has 0 bridgehead atoms. The van der Waals surface area contributed by atoms with Gasteiger partial charge in [-0.2, -0.15) is 0 Å². The molecule has 4 heteroatoms. The molecule has 124 valence electrons. The van der Waals surface area contributed by atoms with E-state index >= 15 is 0 Å². The SMILES string of the molecule is C[C@H](NCc1ccc(-c2cccc(Cl)c2)o1)[C@@H](O)c1ccccc1. The van der Waals surface area contributed by atoms with Crippen LogP contribution in [0.15, 0.2) is 71.1 Å². The number of benzene rings is 2. The summed E-state index contributed by atoms with van der Waals surface area (Å²) in [5.41, 5.74) is 1.85. The highest BCUT2D eigenvalue weighted by atomic mass is 35.5. The van der Waals surface area contributed by atoms with Crippen LogP contribution < -0.4 is 5.32 Å². The Balaban J connectivity index is 1.61. The van der Waals surface area contributed by atoms with Gasteiger partial charge in [0.1, 0.15) is 11.5 Å². The zero-order valence-corrected chi connectivity index (χ0v) is 14.2. The summed E-state index contributed by atoms with van der Waals surface area (Å²) in [7, 11) is 0. The molecule has 3 nitrogen and oxygen atoms in total. The molecule has 0 spiro atoms. The van der Waals surface area contributed by atoms with Gasteiger partial charge in [-0.25, -0.2) is 0 Å². The van der Waals surface area contributed by atoms with Crippen molar-refractivity contribution in [3.05, 3.63) is 83.1 Å². The van der Waals surface area contributed by atoms with Gasteiger partial charge in [0.2, 0.25) is 0 Å². The Morgan fingerprint density at radius 2 is 1.83 bits per heavy atom. The largest absolute Gasteiger partial charge is 0.460 e. The van der Waals surface area contributed by atoms with Crippen molar-refractivity contribution in [1.82, 2.24) is 5.32 Å². The first-order valence-electron chi connectivity index (χ1n) is 7.94. The Labute approximate surface area is 146 Å². The van der Waals surface area contributed by atoms with Gasteiger partial charge in [-0.15, -0.1) is 0 Å². The predicted octanol–water partition coefficient (Wildman–Crippen LogP) is 4.81. The fourth-order valence-corrected chi connectivity index (χ4v) is 2.77. The lowest BCUT2D eigenvalue weighted by Gasteiger charge is -2.20. The van der Waals surface area contributed by atoms with Crippen LogP contribution in [-0.2, 0) is 6.54 Å². The summed E-state index contributed by atoms with van der Waals surface area (Å²) in [4.78, 5) is 0. The van der Waals surface area contributed by atoms with Gasteiger partial charge in [-0.05, 0) is 36.8 Å². The molecule has 0 radical (unpaired) electrons. The summed E-state index contributed by atoms with van der Waals surface area (Å²) in [5.74, 6) is 1.60. The molecule has 2 N–H and O–H groups in total. The highest BCUT2D eigenvalue weighted by Gasteiger charge is 2.16. The minimum Gasteiger partial charge on any atom is -0.460 e. The average Bonchev–Trinajstić information content (AvgIpc) is 3.09. The maximum absolute atomic E-state index is 10.4. The molecule has 0 aliphatic heterocycles. The zero-order chi connectivity index (χ0) is 16.9. The van der Waals surface area contributed by atoms with E-state index in [0.717, 1.165) is 22.6 Å². The van der Waals surface area contributed by atoms with Gasteiger partial charge in [-0.1, -0.05) is 54.1 Å². The van der Waals surface area contributed by atoms with Crippen molar-refractivity contribution in [3.8, 4) is 11.3 Å². The molecule has 0 aliphatic carbocycles. The maximum atomic E-state index is 10.4. The van der Waals surface area contributed by atoms with Crippen molar-refractivity contribution >= 4 is 11.6 Å². The van der Waals surface area contributed by atoms with E-state index in [1.54, 1.807) is 0 Å². The Morgan fingerprint density at radius 1 is 1.04 bits per heavy atom. The third-order valence-corrected chi connectivity index (χ3v) is 4.22. The Morgan fingerprint density at radius 3 is 2.58 bits per heavy atom. The molecule has 2 aromatic carbocycles. The fraction of sp³-hybridized carbons (Fsp3) is 0.200. The number of hydrogen-bond acceptors (Lipinski definition) is 3. The number of aliphatic hydroxyl groups is 1. The van der Waals surface area contributed by atoms with E-state index in [2.05, 4.69) is 5.32 Å². The number of halogens is 1. The second-order valence-electron chi connectivity index (χ2n) is 5.80. The zero-order valence-electron chi connectivity index (χ0n) is 13.4. The standard InChI is InChI=1S/C20H20ClNO2/c1-14(20(23)15-6-3-2-4-7-15)22-13-18-10-11-19(24-18)16-8-5-9-17(21)12-16/h2-12,14,20,22-23H,13H2,1H3/t14-,20+/m0/s1. The summed E-state index contributed by atoms with van der Waals surface area (Å²) in [6, 6.07) is 21.0. The lowest BCUT2D eigenvalue weighted by molar-refractivity contribution is 0.134. The van der Waals surface area contributed by atoms with Crippen molar-refractivity contribution < 1.29 is 9.52 Å². The van der Waals surface area contributed by atoms with E-state index in [1.807, 2.05) is 73.7 Å². The van der Waals surface area contributed by atoms with Crippen LogP contribution in [0.25, 0.3) is 11.3 Å². The van der Waals surface area contributed by atoms with Gasteiger partial charge < -0.3 is 14.8 Å². The molecule has 0 unspecified atom stereocenters. The van der Waals surface area contributed by atoms with Gasteiger partial charge in [0, 0.05) is 16.6 Å². The van der Waals surface area contributed by atoms with Crippen molar-refractivity contribution in [1.29, 1.82) is 0 Å². The monoisotopic (exact) mass is 341 g/mol. The number of rotatable bonds is 6. The summed E-state index contributed by atoms with van der Waals surface area (Å²) in [5, 5.41) is 14.4. The molecule has 1 heterocycles. The van der Waals surface area contributed by atoms with Crippen LogP contribution in [0.3, 0.4) is 0 Å². The first kappa shape index (κ1) is 16.8. The molecule has 0 saturated carbocycles. The number of aliphatic hydroxyl groups excluding tert-OH is 1. The summed E-state index contributed by atoms with van der Waals surface area (Å²) in [6.45, 7) is 2.50. The van der Waals surface area contributed by atoms with Crippen LogP contribution in [0.4, 0.5) is 0 Å². The van der Waals surface area contributed by atoms with Gasteiger partial charge in [0.05, 0.1) is 12.6 Å². The molecule has 3 aromatic rings. The normalized spacial score (nSPS) is 13.6. The lowest BCUT2D eigenvalue weighted by atomic mass is 10.0. The molecule has 3 rings (SSSR count). The quantitative estimate of drug-likeness (QED) is 0.676. The predicted molar refractivity (Wildman–Crippen MR) is 96.9 cm³/mol. The third-order valence-electron chi connectivity index (χ3n) is 3.98. The molecule has 0 aliphatic rings. The molecule has 0 saturated heterocycles. The molecule has 0 amide bonds. The van der Waals surface area contributed by atoms with E-state index in [0.29, 0.717) is 11.6 Å². The first-order valence-corrected chi connectivity index (χ1v) is 8.32. The maximum Gasteiger partial charge on any atom is 0.134 e. The summed E-state index contributed by atoms with van der Waals surface area (Å²) >= 11 is 6.02. The van der Waals surface area contributed by atoms with Crippen LogP contribution >= 0.6 is 11.6 Å². The molecular weight excluding hydrogens is 322 g/mol. The highest BCUT2D eigenvalue weighted by molar-refractivity contribution is 6.30. The summed E-state index contributed by atoms with van der Waals surface area (Å²) in [6.07, 6.45) is -0.562. The Kier molecular flexibility index (Phi) is 5.36. The van der Waals surface area contributed by atoms with Crippen LogP contribution in [-0.4, -0.2) is 11.1 Å². The van der Waals surface area contributed by atoms with Crippen LogP contribution in [0.5, 0.6) is 0 Å². The van der Waals surface area contributed by atoms with E-state index in [4.69, 9.17) is 16.0 Å². The van der Waals surface area contributed by atoms with Crippen molar-refractivity contribution in [2.24, 2.45) is 0 Å². The van der Waals surface area contributed by atoms with Gasteiger partial charge in [-0.3, -0.25) is 0 Å². The minimum absolute atomic E-state index is 0.0906. The molecular formula is C20H20ClNO2. The fourth-order valence-electron chi connectivity index (χ4n) is 2.58. The average molecular weight is 342 g/mol. The van der Waals surface area contributed by atoms with Crippen molar-refractivity contribution in [2.75, 3.05) is 0 Å². The minimum atomic E-state index is -0.562. The van der Waals surface area contributed by atoms with E-state index < -0.39 is 6.10 Å². The Bertz CT molecular complexity index is 785. The van der Waals surface area contributed by atoms with E-state index in [-0.39, 0.29) is 6.04 Å². The number of nitrogens with one attached hydrogen (secondary N) is 1. The highest BCUT2D eigenvalue weighted by Crippen LogP contribution is 2.25. The van der Waals surface area contributed by atoms with Crippen LogP contribution in [0.1, 0.15) is 24.4 Å². The summed E-state index contributed by atoms with van der Waals surface area (Å²) < 4.78 is 5.86. The molecule has 1 aromatic heterocycles. The van der Waals surface area contributed by atoms with Crippen LogP contribution in [0.2, 0.25) is 5.02 Å². The van der Waals surface area contributed by atoms with Gasteiger partial charge in [0.15, 0.2) is 0 Å². The number of furan rings is 1. The van der Waals surface area contributed by atoms with E-state index in [9.17, 15) is 5.11 Å². The third kappa shape index (κ3) is 4.06. The Hall–Kier alpha value is -2.07. The second kappa shape index (κ2) is 7.67. The van der Waals surface area contributed by atoms with Crippen LogP contribution in [0, 0.1) is 0 Å². The smallest absolute Gasteiger partial charge is 0.134 e. The molecule has 24 heavy (non-hydrogen) atoms. The van der Waals surface area contributed by atoms with Gasteiger partial charge in [0.25, 0.3) is 0 Å². The topological polar surface area (TPSA) is 45.4 Å². The molecule has 0 fully saturated rings. The lowest BCUT2D eigenvalue weighted by Crippen LogP contribution is -2.31.